The average Bonchev–Trinajstić information content (AvgIpc) is 2.90. The molecule has 34 heavy (non-hydrogen) atoms. The van der Waals surface area contributed by atoms with Gasteiger partial charge in [0, 0.05) is 30.6 Å². The molecule has 1 aliphatic rings. The lowest BCUT2D eigenvalue weighted by Gasteiger charge is -2.48. The standard InChI is InChI=1S/C32H31NO/c1-24-30(26-16-8-3-9-17-26)29(32(34)28-20-12-5-13-21-28)23-33(22-25-14-6-2-7-15-25)31(24)27-18-10-4-11-19-27/h2-21,24,29-31H,22-23H2,1H3/t24-,29+,30+,31-/m1/s1. The van der Waals surface area contributed by atoms with Crippen LogP contribution < -0.4 is 0 Å². The fraction of sp³-hybridized carbons (Fsp3) is 0.219. The van der Waals surface area contributed by atoms with Crippen LogP contribution in [0.2, 0.25) is 0 Å². The molecule has 4 aromatic carbocycles. The summed E-state index contributed by atoms with van der Waals surface area (Å²) in [6.45, 7) is 3.88. The summed E-state index contributed by atoms with van der Waals surface area (Å²) in [6, 6.07) is 42.1. The second-order valence-electron chi connectivity index (χ2n) is 9.40. The van der Waals surface area contributed by atoms with E-state index in [9.17, 15) is 4.79 Å². The number of Topliss-reactive ketones (excluding diaryl/α,β-unsaturated/α-hetero) is 1. The molecule has 2 nitrogen and oxygen atoms in total. The van der Waals surface area contributed by atoms with E-state index in [-0.39, 0.29) is 29.6 Å². The molecule has 170 valence electrons. The van der Waals surface area contributed by atoms with Crippen molar-refractivity contribution in [1.29, 1.82) is 0 Å². The molecule has 0 bridgehead atoms. The minimum absolute atomic E-state index is 0.108. The Labute approximate surface area is 202 Å². The van der Waals surface area contributed by atoms with Crippen LogP contribution in [0.25, 0.3) is 0 Å². The first-order valence-corrected chi connectivity index (χ1v) is 12.2. The van der Waals surface area contributed by atoms with Gasteiger partial charge in [0.15, 0.2) is 5.78 Å². The summed E-state index contributed by atoms with van der Waals surface area (Å²) in [6.07, 6.45) is 0. The summed E-state index contributed by atoms with van der Waals surface area (Å²) in [7, 11) is 0. The Hall–Kier alpha value is -3.49. The molecule has 0 aromatic heterocycles. The predicted octanol–water partition coefficient (Wildman–Crippen LogP) is 7.16. The van der Waals surface area contributed by atoms with Crippen LogP contribution in [-0.2, 0) is 6.54 Å². The molecule has 1 aliphatic heterocycles. The van der Waals surface area contributed by atoms with Crippen molar-refractivity contribution >= 4 is 5.78 Å². The van der Waals surface area contributed by atoms with Gasteiger partial charge in [0.1, 0.15) is 0 Å². The first kappa shape index (κ1) is 22.3. The zero-order chi connectivity index (χ0) is 23.3. The summed E-state index contributed by atoms with van der Waals surface area (Å²) < 4.78 is 0. The molecule has 1 fully saturated rings. The van der Waals surface area contributed by atoms with Crippen LogP contribution in [0, 0.1) is 11.8 Å². The van der Waals surface area contributed by atoms with E-state index in [1.54, 1.807) is 0 Å². The van der Waals surface area contributed by atoms with E-state index >= 15 is 0 Å². The monoisotopic (exact) mass is 445 g/mol. The lowest BCUT2D eigenvalue weighted by atomic mass is 9.67. The van der Waals surface area contributed by atoms with Crippen molar-refractivity contribution in [3.8, 4) is 0 Å². The summed E-state index contributed by atoms with van der Waals surface area (Å²) in [5, 5.41) is 0. The third-order valence-corrected chi connectivity index (χ3v) is 7.27. The van der Waals surface area contributed by atoms with Gasteiger partial charge >= 0.3 is 0 Å². The molecule has 5 rings (SSSR count). The molecule has 0 unspecified atom stereocenters. The smallest absolute Gasteiger partial charge is 0.167 e. The van der Waals surface area contributed by atoms with Gasteiger partial charge in [-0.1, -0.05) is 128 Å². The minimum atomic E-state index is -0.108. The van der Waals surface area contributed by atoms with E-state index in [1.807, 2.05) is 30.3 Å². The van der Waals surface area contributed by atoms with Crippen molar-refractivity contribution in [2.45, 2.75) is 25.4 Å². The van der Waals surface area contributed by atoms with Gasteiger partial charge in [-0.3, -0.25) is 9.69 Å². The van der Waals surface area contributed by atoms with Gasteiger partial charge in [-0.25, -0.2) is 0 Å². The number of rotatable bonds is 6. The van der Waals surface area contributed by atoms with E-state index in [1.165, 1.54) is 16.7 Å². The summed E-state index contributed by atoms with van der Waals surface area (Å²) in [5.41, 5.74) is 4.65. The van der Waals surface area contributed by atoms with Crippen molar-refractivity contribution < 1.29 is 4.79 Å². The quantitative estimate of drug-likeness (QED) is 0.293. The minimum Gasteiger partial charge on any atom is -0.294 e. The van der Waals surface area contributed by atoms with Crippen LogP contribution in [0.1, 0.15) is 45.9 Å². The van der Waals surface area contributed by atoms with Crippen LogP contribution in [-0.4, -0.2) is 17.2 Å². The van der Waals surface area contributed by atoms with Crippen molar-refractivity contribution in [3.63, 3.8) is 0 Å². The SMILES string of the molecule is C[C@@H]1[C@@H](c2ccccc2)[C@@H](C(=O)c2ccccc2)CN(Cc2ccccc2)[C@H]1c1ccccc1. The fourth-order valence-corrected chi connectivity index (χ4v) is 5.79. The number of carbonyl (C=O) groups is 1. The maximum absolute atomic E-state index is 13.9. The summed E-state index contributed by atoms with van der Waals surface area (Å²) in [5.74, 6) is 0.542. The molecule has 0 spiro atoms. The third-order valence-electron chi connectivity index (χ3n) is 7.27. The van der Waals surface area contributed by atoms with Gasteiger partial charge in [0.05, 0.1) is 0 Å². The zero-order valence-electron chi connectivity index (χ0n) is 19.6. The van der Waals surface area contributed by atoms with Gasteiger partial charge in [-0.05, 0) is 28.5 Å². The molecule has 0 radical (unpaired) electrons. The fourth-order valence-electron chi connectivity index (χ4n) is 5.79. The van der Waals surface area contributed by atoms with Crippen LogP contribution in [0.15, 0.2) is 121 Å². The Morgan fingerprint density at radius 3 is 1.79 bits per heavy atom. The Bertz CT molecular complexity index is 1190. The molecular weight excluding hydrogens is 414 g/mol. The number of likely N-dealkylation sites (tertiary alicyclic amines) is 1. The molecule has 0 aliphatic carbocycles. The molecular formula is C32H31NO. The highest BCUT2D eigenvalue weighted by Gasteiger charge is 2.45. The predicted molar refractivity (Wildman–Crippen MR) is 139 cm³/mol. The molecule has 2 heteroatoms. The van der Waals surface area contributed by atoms with Crippen LogP contribution in [0.5, 0.6) is 0 Å². The number of hydrogen-bond donors (Lipinski definition) is 0. The Morgan fingerprint density at radius 2 is 1.21 bits per heavy atom. The molecule has 0 N–H and O–H groups in total. The molecule has 4 atom stereocenters. The summed E-state index contributed by atoms with van der Waals surface area (Å²) >= 11 is 0. The van der Waals surface area contributed by atoms with Crippen molar-refractivity contribution in [2.24, 2.45) is 11.8 Å². The molecule has 1 saturated heterocycles. The molecule has 1 heterocycles. The second-order valence-corrected chi connectivity index (χ2v) is 9.40. The van der Waals surface area contributed by atoms with E-state index < -0.39 is 0 Å². The van der Waals surface area contributed by atoms with E-state index in [2.05, 4.69) is 103 Å². The topological polar surface area (TPSA) is 20.3 Å². The molecule has 0 saturated carbocycles. The molecule has 4 aromatic rings. The van der Waals surface area contributed by atoms with E-state index in [0.717, 1.165) is 18.7 Å². The third kappa shape index (κ3) is 4.60. The Kier molecular flexibility index (Phi) is 6.69. The van der Waals surface area contributed by atoms with Gasteiger partial charge in [-0.2, -0.15) is 0 Å². The van der Waals surface area contributed by atoms with E-state index in [4.69, 9.17) is 0 Å². The number of ketones is 1. The largest absolute Gasteiger partial charge is 0.294 e. The highest BCUT2D eigenvalue weighted by molar-refractivity contribution is 5.98. The second kappa shape index (κ2) is 10.2. The number of piperidine rings is 1. The van der Waals surface area contributed by atoms with Crippen molar-refractivity contribution in [2.75, 3.05) is 6.54 Å². The summed E-state index contributed by atoms with van der Waals surface area (Å²) in [4.78, 5) is 16.5. The number of hydrogen-bond acceptors (Lipinski definition) is 2. The lowest BCUT2D eigenvalue weighted by Crippen LogP contribution is -2.48. The molecule has 0 amide bonds. The number of nitrogens with zero attached hydrogens (tertiary/aromatic N) is 1. The number of carbonyl (C=O) groups excluding carboxylic acids is 1. The number of benzene rings is 4. The van der Waals surface area contributed by atoms with Gasteiger partial charge in [0.2, 0.25) is 0 Å². The van der Waals surface area contributed by atoms with Crippen LogP contribution in [0.4, 0.5) is 0 Å². The average molecular weight is 446 g/mol. The van der Waals surface area contributed by atoms with Crippen LogP contribution >= 0.6 is 0 Å². The first-order chi connectivity index (χ1) is 16.7. The Morgan fingerprint density at radius 1 is 0.706 bits per heavy atom. The highest BCUT2D eigenvalue weighted by atomic mass is 16.1. The first-order valence-electron chi connectivity index (χ1n) is 12.2. The maximum atomic E-state index is 13.9. The van der Waals surface area contributed by atoms with Gasteiger partial charge in [0.25, 0.3) is 0 Å². The van der Waals surface area contributed by atoms with E-state index in [0.29, 0.717) is 0 Å². The van der Waals surface area contributed by atoms with Crippen LogP contribution in [0.3, 0.4) is 0 Å². The lowest BCUT2D eigenvalue weighted by molar-refractivity contribution is 0.0321. The maximum Gasteiger partial charge on any atom is 0.167 e. The van der Waals surface area contributed by atoms with Crippen molar-refractivity contribution in [1.82, 2.24) is 4.90 Å². The normalized spacial score (nSPS) is 22.9. The van der Waals surface area contributed by atoms with Gasteiger partial charge in [-0.15, -0.1) is 0 Å². The Balaban J connectivity index is 1.59. The van der Waals surface area contributed by atoms with Crippen molar-refractivity contribution in [3.05, 3.63) is 144 Å². The highest BCUT2D eigenvalue weighted by Crippen LogP contribution is 2.48. The van der Waals surface area contributed by atoms with Gasteiger partial charge < -0.3 is 0 Å². The zero-order valence-corrected chi connectivity index (χ0v) is 19.6.